The van der Waals surface area contributed by atoms with Gasteiger partial charge in [-0.15, -0.1) is 0 Å². The molecule has 0 amide bonds. The molecule has 9 aromatic carbocycles. The van der Waals surface area contributed by atoms with Gasteiger partial charge in [0, 0.05) is 33.3 Å². The Morgan fingerprint density at radius 2 is 0.833 bits per heavy atom. The van der Waals surface area contributed by atoms with Crippen molar-refractivity contribution in [1.29, 1.82) is 0 Å². The minimum absolute atomic E-state index is 0.894. The van der Waals surface area contributed by atoms with Gasteiger partial charge >= 0.3 is 0 Å². The molecule has 0 saturated heterocycles. The van der Waals surface area contributed by atoms with E-state index in [0.29, 0.717) is 0 Å². The van der Waals surface area contributed by atoms with Crippen LogP contribution in [0.2, 0.25) is 0 Å². The normalized spacial score (nSPS) is 11.3. The zero-order chi connectivity index (χ0) is 35.8. The quantitative estimate of drug-likeness (QED) is 0.166. The molecule has 10 rings (SSSR count). The Morgan fingerprint density at radius 1 is 0.315 bits per heavy atom. The van der Waals surface area contributed by atoms with Crippen LogP contribution in [0.25, 0.3) is 77.2 Å². The van der Waals surface area contributed by atoms with E-state index in [9.17, 15) is 0 Å². The van der Waals surface area contributed by atoms with Crippen LogP contribution in [0.1, 0.15) is 0 Å². The number of benzene rings is 9. The van der Waals surface area contributed by atoms with E-state index in [0.717, 1.165) is 50.1 Å². The molecule has 0 saturated carbocycles. The number of nitrogens with zero attached hydrogens (tertiary/aromatic N) is 1. The molecule has 0 aliphatic rings. The Balaban J connectivity index is 1.09. The Morgan fingerprint density at radius 3 is 1.65 bits per heavy atom. The number of furan rings is 1. The highest BCUT2D eigenvalue weighted by Gasteiger charge is 2.20. The van der Waals surface area contributed by atoms with Crippen molar-refractivity contribution in [1.82, 2.24) is 0 Å². The van der Waals surface area contributed by atoms with Crippen LogP contribution in [0.5, 0.6) is 0 Å². The zero-order valence-electron chi connectivity index (χ0n) is 29.6. The molecule has 10 aromatic rings. The summed E-state index contributed by atoms with van der Waals surface area (Å²) in [6, 6.07) is 75.8. The van der Waals surface area contributed by atoms with E-state index in [4.69, 9.17) is 4.42 Å². The Kier molecular flexibility index (Phi) is 7.85. The van der Waals surface area contributed by atoms with Crippen molar-refractivity contribution in [3.05, 3.63) is 212 Å². The molecular weight excluding hydrogens is 655 g/mol. The van der Waals surface area contributed by atoms with Crippen molar-refractivity contribution in [2.75, 3.05) is 4.90 Å². The molecule has 0 radical (unpaired) electrons. The smallest absolute Gasteiger partial charge is 0.143 e. The van der Waals surface area contributed by atoms with Crippen LogP contribution >= 0.6 is 0 Å². The molecule has 0 fully saturated rings. The lowest BCUT2D eigenvalue weighted by Crippen LogP contribution is -2.11. The fourth-order valence-corrected chi connectivity index (χ4v) is 7.86. The average Bonchev–Trinajstić information content (AvgIpc) is 3.64. The van der Waals surface area contributed by atoms with Gasteiger partial charge in [-0.1, -0.05) is 170 Å². The lowest BCUT2D eigenvalue weighted by atomic mass is 9.95. The summed E-state index contributed by atoms with van der Waals surface area (Å²) < 4.78 is 6.56. The lowest BCUT2D eigenvalue weighted by molar-refractivity contribution is 0.670. The summed E-state index contributed by atoms with van der Waals surface area (Å²) in [5, 5.41) is 4.75. The first-order valence-corrected chi connectivity index (χ1v) is 18.4. The molecule has 254 valence electrons. The number of hydrogen-bond acceptors (Lipinski definition) is 2. The Hall–Kier alpha value is -7.16. The second-order valence-corrected chi connectivity index (χ2v) is 13.7. The first-order chi connectivity index (χ1) is 26.8. The third-order valence-electron chi connectivity index (χ3n) is 10.5. The number of fused-ring (bicyclic) bond motifs is 4. The lowest BCUT2D eigenvalue weighted by Gasteiger charge is -2.28. The van der Waals surface area contributed by atoms with Crippen molar-refractivity contribution in [2.24, 2.45) is 0 Å². The average molecular weight is 690 g/mol. The molecule has 1 heterocycles. The van der Waals surface area contributed by atoms with E-state index < -0.39 is 0 Å². The van der Waals surface area contributed by atoms with Gasteiger partial charge in [-0.3, -0.25) is 0 Å². The third kappa shape index (κ3) is 5.62. The number of rotatable bonds is 7. The van der Waals surface area contributed by atoms with E-state index in [-0.39, 0.29) is 0 Å². The summed E-state index contributed by atoms with van der Waals surface area (Å²) >= 11 is 0. The van der Waals surface area contributed by atoms with Crippen LogP contribution in [0.3, 0.4) is 0 Å². The minimum atomic E-state index is 0.894. The van der Waals surface area contributed by atoms with Gasteiger partial charge in [0.1, 0.15) is 11.2 Å². The predicted octanol–water partition coefficient (Wildman–Crippen LogP) is 14.9. The van der Waals surface area contributed by atoms with Gasteiger partial charge in [-0.05, 0) is 86.6 Å². The fourth-order valence-electron chi connectivity index (χ4n) is 7.86. The van der Waals surface area contributed by atoms with Gasteiger partial charge in [0.15, 0.2) is 0 Å². The maximum absolute atomic E-state index is 6.56. The largest absolute Gasteiger partial charge is 0.455 e. The van der Waals surface area contributed by atoms with Crippen LogP contribution in [0, 0.1) is 0 Å². The van der Waals surface area contributed by atoms with Crippen molar-refractivity contribution >= 4 is 49.8 Å². The van der Waals surface area contributed by atoms with Gasteiger partial charge in [0.05, 0.1) is 5.69 Å². The van der Waals surface area contributed by atoms with Crippen LogP contribution in [0.4, 0.5) is 17.1 Å². The van der Waals surface area contributed by atoms with Crippen LogP contribution in [0.15, 0.2) is 217 Å². The molecule has 0 aliphatic carbocycles. The van der Waals surface area contributed by atoms with Crippen molar-refractivity contribution < 1.29 is 4.42 Å². The summed E-state index contributed by atoms with van der Waals surface area (Å²) in [6.07, 6.45) is 0. The predicted molar refractivity (Wildman–Crippen MR) is 228 cm³/mol. The highest BCUT2D eigenvalue weighted by atomic mass is 16.3. The molecule has 0 bridgehead atoms. The molecular formula is C52H35NO. The maximum Gasteiger partial charge on any atom is 0.143 e. The van der Waals surface area contributed by atoms with E-state index >= 15 is 0 Å². The van der Waals surface area contributed by atoms with E-state index in [1.54, 1.807) is 0 Å². The SMILES string of the molecule is c1ccc(-c2ccc(N(c3ccc(-c4cccc(-c5cccc6ccccc56)c4)cc3)c3ccccc3-c3cccc4c3oc3ccccc34)cc2)cc1. The summed E-state index contributed by atoms with van der Waals surface area (Å²) in [5.74, 6) is 0. The summed E-state index contributed by atoms with van der Waals surface area (Å²) in [7, 11) is 0. The number of para-hydroxylation sites is 3. The van der Waals surface area contributed by atoms with Crippen LogP contribution < -0.4 is 4.90 Å². The molecule has 2 heteroatoms. The zero-order valence-corrected chi connectivity index (χ0v) is 29.6. The van der Waals surface area contributed by atoms with Crippen molar-refractivity contribution in [2.45, 2.75) is 0 Å². The van der Waals surface area contributed by atoms with Gasteiger partial charge in [0.25, 0.3) is 0 Å². The highest BCUT2D eigenvalue weighted by molar-refractivity contribution is 6.11. The summed E-state index contributed by atoms with van der Waals surface area (Å²) in [4.78, 5) is 2.36. The molecule has 0 atom stereocenters. The van der Waals surface area contributed by atoms with Gasteiger partial charge in [-0.25, -0.2) is 0 Å². The van der Waals surface area contributed by atoms with E-state index in [1.807, 2.05) is 12.1 Å². The molecule has 0 N–H and O–H groups in total. The van der Waals surface area contributed by atoms with E-state index in [2.05, 4.69) is 205 Å². The highest BCUT2D eigenvalue weighted by Crippen LogP contribution is 2.45. The standard InChI is InChI=1S/C52H35NO/c1-2-13-36(14-3-1)37-27-31-42(32-28-37)53(50-25-8-6-20-46(50)48-23-12-24-49-47-21-7-9-26-51(47)54-52(48)49)43-33-29-38(30-34-43)40-17-10-18-41(35-40)45-22-11-16-39-15-4-5-19-44(39)45/h1-35H. The summed E-state index contributed by atoms with van der Waals surface area (Å²) in [5.41, 5.74) is 14.3. The monoisotopic (exact) mass is 689 g/mol. The molecule has 2 nitrogen and oxygen atoms in total. The first kappa shape index (κ1) is 31.6. The second-order valence-electron chi connectivity index (χ2n) is 13.7. The van der Waals surface area contributed by atoms with Crippen molar-refractivity contribution in [3.63, 3.8) is 0 Å². The van der Waals surface area contributed by atoms with Crippen molar-refractivity contribution in [3.8, 4) is 44.5 Å². The maximum atomic E-state index is 6.56. The van der Waals surface area contributed by atoms with E-state index in [1.165, 1.54) is 44.2 Å². The fraction of sp³-hybridized carbons (Fsp3) is 0. The van der Waals surface area contributed by atoms with Gasteiger partial charge in [0.2, 0.25) is 0 Å². The number of anilines is 3. The van der Waals surface area contributed by atoms with Gasteiger partial charge < -0.3 is 9.32 Å². The van der Waals surface area contributed by atoms with Crippen LogP contribution in [-0.2, 0) is 0 Å². The second kappa shape index (κ2) is 13.4. The topological polar surface area (TPSA) is 16.4 Å². The minimum Gasteiger partial charge on any atom is -0.455 e. The molecule has 0 unspecified atom stereocenters. The molecule has 0 spiro atoms. The van der Waals surface area contributed by atoms with Crippen LogP contribution in [-0.4, -0.2) is 0 Å². The third-order valence-corrected chi connectivity index (χ3v) is 10.5. The Labute approximate surface area is 314 Å². The Bertz CT molecular complexity index is 2920. The first-order valence-electron chi connectivity index (χ1n) is 18.4. The molecule has 0 aliphatic heterocycles. The molecule has 54 heavy (non-hydrogen) atoms. The summed E-state index contributed by atoms with van der Waals surface area (Å²) in [6.45, 7) is 0. The van der Waals surface area contributed by atoms with Gasteiger partial charge in [-0.2, -0.15) is 0 Å². The molecule has 1 aromatic heterocycles. The number of hydrogen-bond donors (Lipinski definition) is 0.